The largest absolute Gasteiger partial charge is 0.247 e. The molecule has 16 heavy (non-hydrogen) atoms. The summed E-state index contributed by atoms with van der Waals surface area (Å²) in [5.41, 5.74) is 3.83. The summed E-state index contributed by atoms with van der Waals surface area (Å²) in [6.07, 6.45) is 0. The predicted molar refractivity (Wildman–Crippen MR) is 72.2 cm³/mol. The summed E-state index contributed by atoms with van der Waals surface area (Å²) in [4.78, 5) is 5.56. The lowest BCUT2D eigenvalue weighted by Gasteiger charge is -1.90. The third-order valence-corrected chi connectivity index (χ3v) is 3.34. The average Bonchev–Trinajstić information content (AvgIpc) is 2.50. The molecule has 0 atom stereocenters. The molecule has 1 aromatic carbocycles. The molecule has 1 heterocycles. The molecule has 0 spiro atoms. The number of rotatable bonds is 0. The van der Waals surface area contributed by atoms with Crippen LogP contribution in [0.15, 0.2) is 24.3 Å². The number of benzene rings is 1. The van der Waals surface area contributed by atoms with Crippen LogP contribution in [-0.4, -0.2) is 4.98 Å². The van der Waals surface area contributed by atoms with E-state index in [0.717, 1.165) is 0 Å². The van der Waals surface area contributed by atoms with Gasteiger partial charge in [-0.1, -0.05) is 35.4 Å². The van der Waals surface area contributed by atoms with Crippen molar-refractivity contribution in [2.24, 2.45) is 0 Å². The highest BCUT2D eigenvalue weighted by molar-refractivity contribution is 7.11. The van der Waals surface area contributed by atoms with E-state index in [9.17, 15) is 0 Å². The molecule has 86 valence electrons. The van der Waals surface area contributed by atoms with Gasteiger partial charge >= 0.3 is 0 Å². The van der Waals surface area contributed by atoms with E-state index < -0.39 is 0 Å². The molecule has 0 saturated heterocycles. The van der Waals surface area contributed by atoms with Crippen LogP contribution in [0, 0.1) is 34.6 Å². The third-order valence-electron chi connectivity index (χ3n) is 2.35. The zero-order valence-corrected chi connectivity index (χ0v) is 11.5. The van der Waals surface area contributed by atoms with Crippen LogP contribution in [0.2, 0.25) is 0 Å². The van der Waals surface area contributed by atoms with Crippen LogP contribution in [0.25, 0.3) is 0 Å². The molecule has 0 bridgehead atoms. The Morgan fingerprint density at radius 3 is 1.44 bits per heavy atom. The van der Waals surface area contributed by atoms with Crippen molar-refractivity contribution in [1.82, 2.24) is 4.98 Å². The number of nitrogens with zero attached hydrogens (tertiary/aromatic N) is 1. The van der Waals surface area contributed by atoms with Gasteiger partial charge in [0.1, 0.15) is 0 Å². The highest BCUT2D eigenvalue weighted by Crippen LogP contribution is 2.14. The van der Waals surface area contributed by atoms with Crippen molar-refractivity contribution in [3.63, 3.8) is 0 Å². The van der Waals surface area contributed by atoms with E-state index in [1.165, 1.54) is 26.7 Å². The van der Waals surface area contributed by atoms with Crippen LogP contribution in [0.5, 0.6) is 0 Å². The monoisotopic (exact) mass is 233 g/mol. The molecule has 2 heteroatoms. The number of hydrogen-bond acceptors (Lipinski definition) is 2. The Balaban J connectivity index is 0.000000160. The first-order valence-corrected chi connectivity index (χ1v) is 6.24. The van der Waals surface area contributed by atoms with Crippen molar-refractivity contribution < 1.29 is 0 Å². The van der Waals surface area contributed by atoms with E-state index in [4.69, 9.17) is 0 Å². The Bertz CT molecular complexity index is 400. The zero-order chi connectivity index (χ0) is 12.1. The van der Waals surface area contributed by atoms with E-state index in [1.807, 2.05) is 13.8 Å². The van der Waals surface area contributed by atoms with Crippen molar-refractivity contribution in [2.75, 3.05) is 0 Å². The molecule has 2 rings (SSSR count). The van der Waals surface area contributed by atoms with Crippen molar-refractivity contribution in [1.29, 1.82) is 0 Å². The Kier molecular flexibility index (Phi) is 4.69. The highest BCUT2D eigenvalue weighted by Gasteiger charge is 1.95. The molecule has 2 aromatic rings. The molecule has 0 amide bonds. The second-order valence-corrected chi connectivity index (χ2v) is 5.44. The van der Waals surface area contributed by atoms with Crippen LogP contribution in [-0.2, 0) is 0 Å². The maximum Gasteiger partial charge on any atom is 0.0899 e. The van der Waals surface area contributed by atoms with E-state index >= 15 is 0 Å². The van der Waals surface area contributed by atoms with Crippen molar-refractivity contribution >= 4 is 11.3 Å². The van der Waals surface area contributed by atoms with Crippen LogP contribution < -0.4 is 0 Å². The van der Waals surface area contributed by atoms with Gasteiger partial charge in [0.2, 0.25) is 0 Å². The fraction of sp³-hybridized carbons (Fsp3) is 0.357. The summed E-state index contributed by atoms with van der Waals surface area (Å²) >= 11 is 1.76. The van der Waals surface area contributed by atoms with Gasteiger partial charge in [-0.2, -0.15) is 0 Å². The molecule has 1 nitrogen and oxygen atoms in total. The average molecular weight is 233 g/mol. The normalized spacial score (nSPS) is 9.56. The Labute approximate surface area is 102 Å². The lowest BCUT2D eigenvalue weighted by Crippen LogP contribution is -1.71. The van der Waals surface area contributed by atoms with Gasteiger partial charge in [0, 0.05) is 4.88 Å². The van der Waals surface area contributed by atoms with E-state index in [0.29, 0.717) is 0 Å². The maximum absolute atomic E-state index is 4.23. The molecule has 0 aliphatic heterocycles. The van der Waals surface area contributed by atoms with E-state index in [1.54, 1.807) is 11.3 Å². The van der Waals surface area contributed by atoms with Gasteiger partial charge in [0.15, 0.2) is 0 Å². The smallest absolute Gasteiger partial charge is 0.0899 e. The number of aromatic nitrogens is 1. The van der Waals surface area contributed by atoms with Crippen LogP contribution in [0.4, 0.5) is 0 Å². The number of thiazole rings is 1. The molecule has 0 N–H and O–H groups in total. The summed E-state index contributed by atoms with van der Waals surface area (Å²) in [6.45, 7) is 10.4. The van der Waals surface area contributed by atoms with Crippen LogP contribution >= 0.6 is 11.3 Å². The quantitative estimate of drug-likeness (QED) is 0.658. The van der Waals surface area contributed by atoms with Crippen LogP contribution in [0.3, 0.4) is 0 Å². The van der Waals surface area contributed by atoms with Gasteiger partial charge in [-0.25, -0.2) is 4.98 Å². The lowest BCUT2D eigenvalue weighted by molar-refractivity contribution is 1.18. The Hall–Kier alpha value is -1.15. The predicted octanol–water partition coefficient (Wildman–Crippen LogP) is 4.37. The second-order valence-electron chi connectivity index (χ2n) is 4.03. The molecule has 0 radical (unpaired) electrons. The van der Waals surface area contributed by atoms with Gasteiger partial charge in [0.25, 0.3) is 0 Å². The van der Waals surface area contributed by atoms with Gasteiger partial charge in [-0.05, 0) is 34.6 Å². The molecule has 0 aliphatic rings. The topological polar surface area (TPSA) is 12.9 Å². The second kappa shape index (κ2) is 5.80. The van der Waals surface area contributed by atoms with E-state index in [-0.39, 0.29) is 0 Å². The SMILES string of the molecule is Cc1ccc(C)cc1.Cc1nc(C)c(C)s1. The van der Waals surface area contributed by atoms with Gasteiger partial charge in [-0.15, -0.1) is 11.3 Å². The Morgan fingerprint density at radius 2 is 1.25 bits per heavy atom. The Morgan fingerprint density at radius 1 is 0.812 bits per heavy atom. The van der Waals surface area contributed by atoms with Crippen molar-refractivity contribution in [2.45, 2.75) is 34.6 Å². The third kappa shape index (κ3) is 4.15. The number of aryl methyl sites for hydroxylation is 5. The summed E-state index contributed by atoms with van der Waals surface area (Å²) in [6, 6.07) is 8.48. The standard InChI is InChI=1S/C8H10.C6H9NS/c1-7-3-5-8(2)6-4-7;1-4-5(2)8-6(3)7-4/h3-6H,1-2H3;1-3H3. The minimum atomic E-state index is 1.17. The fourth-order valence-corrected chi connectivity index (χ4v) is 2.09. The fourth-order valence-electron chi connectivity index (χ4n) is 1.27. The molecule has 0 fully saturated rings. The van der Waals surface area contributed by atoms with Gasteiger partial charge in [-0.3, -0.25) is 0 Å². The first-order valence-electron chi connectivity index (χ1n) is 5.43. The van der Waals surface area contributed by atoms with E-state index in [2.05, 4.69) is 50.0 Å². The lowest BCUT2D eigenvalue weighted by atomic mass is 10.2. The van der Waals surface area contributed by atoms with Crippen LogP contribution in [0.1, 0.15) is 26.7 Å². The summed E-state index contributed by atoms with van der Waals surface area (Å²) in [5.74, 6) is 0. The molecule has 0 aliphatic carbocycles. The zero-order valence-electron chi connectivity index (χ0n) is 10.7. The summed E-state index contributed by atoms with van der Waals surface area (Å²) in [7, 11) is 0. The molecule has 1 aromatic heterocycles. The molecular formula is C14H19NS. The van der Waals surface area contributed by atoms with Crippen molar-refractivity contribution in [3.05, 3.63) is 51.0 Å². The molecule has 0 saturated carbocycles. The van der Waals surface area contributed by atoms with Crippen molar-refractivity contribution in [3.8, 4) is 0 Å². The first-order chi connectivity index (χ1) is 7.49. The minimum absolute atomic E-state index is 1.17. The maximum atomic E-state index is 4.23. The minimum Gasteiger partial charge on any atom is -0.247 e. The first kappa shape index (κ1) is 12.9. The van der Waals surface area contributed by atoms with Gasteiger partial charge < -0.3 is 0 Å². The highest BCUT2D eigenvalue weighted by atomic mass is 32.1. The number of hydrogen-bond donors (Lipinski definition) is 0. The molecular weight excluding hydrogens is 214 g/mol. The van der Waals surface area contributed by atoms with Gasteiger partial charge in [0.05, 0.1) is 10.7 Å². The summed E-state index contributed by atoms with van der Waals surface area (Å²) in [5, 5.41) is 1.17. The summed E-state index contributed by atoms with van der Waals surface area (Å²) < 4.78 is 0. The molecule has 0 unspecified atom stereocenters.